The van der Waals surface area contributed by atoms with E-state index in [1.165, 1.54) is 36.4 Å². The van der Waals surface area contributed by atoms with Gasteiger partial charge in [-0.25, -0.2) is 8.42 Å². The van der Waals surface area contributed by atoms with E-state index in [4.69, 9.17) is 11.6 Å². The van der Waals surface area contributed by atoms with Crippen molar-refractivity contribution in [3.05, 3.63) is 94.0 Å². The fraction of sp³-hybridized carbons (Fsp3) is 0.0909. The molecule has 3 N–H and O–H groups in total. The van der Waals surface area contributed by atoms with Crippen molar-refractivity contribution >= 4 is 39.1 Å². The van der Waals surface area contributed by atoms with Crippen molar-refractivity contribution < 1.29 is 18.0 Å². The van der Waals surface area contributed by atoms with Crippen LogP contribution in [-0.4, -0.2) is 20.2 Å². The number of benzene rings is 3. The molecule has 0 aliphatic carbocycles. The van der Waals surface area contributed by atoms with Gasteiger partial charge in [0.05, 0.1) is 4.90 Å². The Hall–Kier alpha value is -3.36. The quantitative estimate of drug-likeness (QED) is 0.506. The molecule has 31 heavy (non-hydrogen) atoms. The van der Waals surface area contributed by atoms with Crippen molar-refractivity contribution in [1.82, 2.24) is 10.9 Å². The normalized spacial score (nSPS) is 10.9. The molecule has 0 spiro atoms. The number of halogens is 1. The van der Waals surface area contributed by atoms with Crippen LogP contribution in [-0.2, 0) is 10.0 Å². The highest BCUT2D eigenvalue weighted by atomic mass is 35.5. The molecule has 0 saturated heterocycles. The second kappa shape index (κ2) is 9.20. The van der Waals surface area contributed by atoms with Crippen LogP contribution in [0, 0.1) is 13.8 Å². The smallest absolute Gasteiger partial charge is 0.269 e. The summed E-state index contributed by atoms with van der Waals surface area (Å²) in [6.45, 7) is 3.71. The second-order valence-electron chi connectivity index (χ2n) is 6.87. The first kappa shape index (κ1) is 22.3. The number of hydrazine groups is 1. The Balaban J connectivity index is 1.70. The molecule has 0 fully saturated rings. The van der Waals surface area contributed by atoms with Gasteiger partial charge in [-0.1, -0.05) is 35.4 Å². The molecule has 9 heteroatoms. The number of anilines is 1. The molecule has 3 aromatic carbocycles. The third-order valence-electron chi connectivity index (χ3n) is 4.42. The number of nitrogens with one attached hydrogen (secondary N) is 3. The molecule has 0 atom stereocenters. The Labute approximate surface area is 185 Å². The third-order valence-corrected chi connectivity index (χ3v) is 6.05. The number of sulfonamides is 1. The zero-order chi connectivity index (χ0) is 22.6. The molecule has 2 amide bonds. The average Bonchev–Trinajstić information content (AvgIpc) is 2.73. The largest absolute Gasteiger partial charge is 0.280 e. The van der Waals surface area contributed by atoms with Crippen LogP contribution in [0.1, 0.15) is 31.8 Å². The van der Waals surface area contributed by atoms with Gasteiger partial charge in [0.2, 0.25) is 0 Å². The monoisotopic (exact) mass is 457 g/mol. The van der Waals surface area contributed by atoms with Gasteiger partial charge in [-0.15, -0.1) is 0 Å². The molecule has 7 nitrogen and oxygen atoms in total. The molecule has 160 valence electrons. The van der Waals surface area contributed by atoms with Gasteiger partial charge in [-0.05, 0) is 67.9 Å². The number of aryl methyl sites for hydroxylation is 2. The molecule has 0 unspecified atom stereocenters. The van der Waals surface area contributed by atoms with Crippen LogP contribution in [0.3, 0.4) is 0 Å². The van der Waals surface area contributed by atoms with Crippen LogP contribution in [0.2, 0.25) is 5.02 Å². The van der Waals surface area contributed by atoms with Crippen LogP contribution < -0.4 is 15.6 Å². The SMILES string of the molecule is Cc1ccc(C(=O)NNC(=O)c2cccc(S(=O)(=O)Nc3ccc(Cl)cc3)c2)c(C)c1. The molecule has 0 aliphatic rings. The summed E-state index contributed by atoms with van der Waals surface area (Å²) in [6, 6.07) is 17.0. The number of rotatable bonds is 5. The predicted molar refractivity (Wildman–Crippen MR) is 120 cm³/mol. The lowest BCUT2D eigenvalue weighted by Gasteiger charge is -2.11. The molecular formula is C22H20ClN3O4S. The zero-order valence-electron chi connectivity index (χ0n) is 16.8. The minimum atomic E-state index is -3.93. The Kier molecular flexibility index (Phi) is 6.62. The Bertz CT molecular complexity index is 1240. The molecule has 0 heterocycles. The summed E-state index contributed by atoms with van der Waals surface area (Å²) in [6.07, 6.45) is 0. The highest BCUT2D eigenvalue weighted by Crippen LogP contribution is 2.19. The molecular weight excluding hydrogens is 438 g/mol. The van der Waals surface area contributed by atoms with Gasteiger partial charge in [-0.2, -0.15) is 0 Å². The maximum absolute atomic E-state index is 12.6. The average molecular weight is 458 g/mol. The summed E-state index contributed by atoms with van der Waals surface area (Å²) >= 11 is 5.81. The topological polar surface area (TPSA) is 104 Å². The highest BCUT2D eigenvalue weighted by molar-refractivity contribution is 7.92. The fourth-order valence-electron chi connectivity index (χ4n) is 2.86. The van der Waals surface area contributed by atoms with Gasteiger partial charge in [0.15, 0.2) is 0 Å². The fourth-order valence-corrected chi connectivity index (χ4v) is 4.09. The predicted octanol–water partition coefficient (Wildman–Crippen LogP) is 3.83. The van der Waals surface area contributed by atoms with Gasteiger partial charge in [-0.3, -0.25) is 25.2 Å². The number of amides is 2. The lowest BCUT2D eigenvalue weighted by Crippen LogP contribution is -2.41. The van der Waals surface area contributed by atoms with Crippen molar-refractivity contribution in [2.45, 2.75) is 18.7 Å². The zero-order valence-corrected chi connectivity index (χ0v) is 18.3. The van der Waals surface area contributed by atoms with Gasteiger partial charge >= 0.3 is 0 Å². The molecule has 0 radical (unpaired) electrons. The van der Waals surface area contributed by atoms with Crippen molar-refractivity contribution in [2.24, 2.45) is 0 Å². The van der Waals surface area contributed by atoms with Gasteiger partial charge in [0.1, 0.15) is 0 Å². The highest BCUT2D eigenvalue weighted by Gasteiger charge is 2.17. The van der Waals surface area contributed by atoms with Crippen molar-refractivity contribution in [2.75, 3.05) is 4.72 Å². The third kappa shape index (κ3) is 5.62. The molecule has 0 aliphatic heterocycles. The van der Waals surface area contributed by atoms with E-state index in [1.54, 1.807) is 31.2 Å². The lowest BCUT2D eigenvalue weighted by atomic mass is 10.1. The van der Waals surface area contributed by atoms with E-state index in [0.717, 1.165) is 11.1 Å². The lowest BCUT2D eigenvalue weighted by molar-refractivity contribution is 0.0846. The first-order valence-electron chi connectivity index (χ1n) is 9.22. The Morgan fingerprint density at radius 1 is 0.839 bits per heavy atom. The summed E-state index contributed by atoms with van der Waals surface area (Å²) < 4.78 is 27.7. The number of carbonyl (C=O) groups is 2. The first-order valence-corrected chi connectivity index (χ1v) is 11.1. The maximum Gasteiger partial charge on any atom is 0.269 e. The van der Waals surface area contributed by atoms with E-state index < -0.39 is 21.8 Å². The first-order chi connectivity index (χ1) is 14.7. The van der Waals surface area contributed by atoms with Gasteiger partial charge in [0, 0.05) is 21.8 Å². The molecule has 0 bridgehead atoms. The van der Waals surface area contributed by atoms with Crippen LogP contribution >= 0.6 is 11.6 Å². The Morgan fingerprint density at radius 2 is 1.52 bits per heavy atom. The molecule has 3 rings (SSSR count). The summed E-state index contributed by atoms with van der Waals surface area (Å²) in [5.41, 5.74) is 7.27. The summed E-state index contributed by atoms with van der Waals surface area (Å²) in [4.78, 5) is 24.7. The second-order valence-corrected chi connectivity index (χ2v) is 8.99. The van der Waals surface area contributed by atoms with Crippen LogP contribution in [0.5, 0.6) is 0 Å². The van der Waals surface area contributed by atoms with Crippen molar-refractivity contribution in [3.8, 4) is 0 Å². The van der Waals surface area contributed by atoms with E-state index >= 15 is 0 Å². The standard InChI is InChI=1S/C22H20ClN3O4S/c1-14-6-11-20(15(2)12-14)22(28)25-24-21(27)16-4-3-5-19(13-16)31(29,30)26-18-9-7-17(23)8-10-18/h3-13,26H,1-2H3,(H,24,27)(H,25,28). The number of hydrogen-bond acceptors (Lipinski definition) is 4. The van der Waals surface area contributed by atoms with Crippen LogP contribution in [0.25, 0.3) is 0 Å². The molecule has 3 aromatic rings. The van der Waals surface area contributed by atoms with E-state index in [-0.39, 0.29) is 10.5 Å². The van der Waals surface area contributed by atoms with Crippen LogP contribution in [0.4, 0.5) is 5.69 Å². The van der Waals surface area contributed by atoms with Gasteiger partial charge < -0.3 is 0 Å². The summed E-state index contributed by atoms with van der Waals surface area (Å²) in [5.74, 6) is -1.12. The van der Waals surface area contributed by atoms with E-state index in [0.29, 0.717) is 16.3 Å². The molecule has 0 aromatic heterocycles. The minimum Gasteiger partial charge on any atom is -0.280 e. The van der Waals surface area contributed by atoms with E-state index in [1.807, 2.05) is 13.0 Å². The van der Waals surface area contributed by atoms with E-state index in [9.17, 15) is 18.0 Å². The maximum atomic E-state index is 12.6. The van der Waals surface area contributed by atoms with E-state index in [2.05, 4.69) is 15.6 Å². The van der Waals surface area contributed by atoms with Crippen molar-refractivity contribution in [1.29, 1.82) is 0 Å². The summed E-state index contributed by atoms with van der Waals surface area (Å²) in [7, 11) is -3.93. The van der Waals surface area contributed by atoms with Gasteiger partial charge in [0.25, 0.3) is 21.8 Å². The van der Waals surface area contributed by atoms with Crippen LogP contribution in [0.15, 0.2) is 71.6 Å². The summed E-state index contributed by atoms with van der Waals surface area (Å²) in [5, 5.41) is 0.476. The van der Waals surface area contributed by atoms with Crippen molar-refractivity contribution in [3.63, 3.8) is 0 Å². The minimum absolute atomic E-state index is 0.0694. The number of carbonyl (C=O) groups excluding carboxylic acids is 2. The Morgan fingerprint density at radius 3 is 2.19 bits per heavy atom. The number of hydrogen-bond donors (Lipinski definition) is 3. The molecule has 0 saturated carbocycles.